The molecular weight excluding hydrogens is 418 g/mol. The maximum atomic E-state index is 12.4. The Morgan fingerprint density at radius 2 is 1.69 bits per heavy atom. The van der Waals surface area contributed by atoms with Gasteiger partial charge >= 0.3 is 0 Å². The predicted octanol–water partition coefficient (Wildman–Crippen LogP) is 4.46. The van der Waals surface area contributed by atoms with Gasteiger partial charge in [0.05, 0.1) is 32.3 Å². The van der Waals surface area contributed by atoms with E-state index in [0.717, 1.165) is 32.0 Å². The molecular formula is C17H16Cl4N4O. The second kappa shape index (κ2) is 8.63. The van der Waals surface area contributed by atoms with Gasteiger partial charge in [0.25, 0.3) is 0 Å². The van der Waals surface area contributed by atoms with Crippen LogP contribution in [-0.4, -0.2) is 48.5 Å². The number of amides is 1. The zero-order valence-corrected chi connectivity index (χ0v) is 16.7. The third-order valence-electron chi connectivity index (χ3n) is 4.09. The van der Waals surface area contributed by atoms with Crippen LogP contribution in [0, 0.1) is 0 Å². The molecule has 0 spiro atoms. The van der Waals surface area contributed by atoms with Crippen molar-refractivity contribution < 1.29 is 4.79 Å². The normalized spacial score (nSPS) is 15.2. The average Bonchev–Trinajstić information content (AvgIpc) is 2.65. The number of hydrogen-bond donors (Lipinski definition) is 1. The first-order chi connectivity index (χ1) is 12.5. The number of hydrogen-bond acceptors (Lipinski definition) is 4. The van der Waals surface area contributed by atoms with Crippen LogP contribution in [0.4, 0.5) is 11.5 Å². The second-order valence-corrected chi connectivity index (χ2v) is 7.41. The Bertz CT molecular complexity index is 769. The van der Waals surface area contributed by atoms with E-state index in [-0.39, 0.29) is 38.2 Å². The fourth-order valence-corrected chi connectivity index (χ4v) is 3.64. The summed E-state index contributed by atoms with van der Waals surface area (Å²) in [6, 6.07) is 7.28. The van der Waals surface area contributed by atoms with Crippen molar-refractivity contribution in [2.75, 3.05) is 42.9 Å². The van der Waals surface area contributed by atoms with Gasteiger partial charge in [-0.15, -0.1) is 0 Å². The van der Waals surface area contributed by atoms with Crippen LogP contribution in [0.2, 0.25) is 20.1 Å². The quantitative estimate of drug-likeness (QED) is 0.723. The van der Waals surface area contributed by atoms with E-state index in [0.29, 0.717) is 0 Å². The lowest BCUT2D eigenvalue weighted by molar-refractivity contribution is -0.117. The first-order valence-electron chi connectivity index (χ1n) is 7.97. The predicted molar refractivity (Wildman–Crippen MR) is 108 cm³/mol. The van der Waals surface area contributed by atoms with Gasteiger partial charge in [0.15, 0.2) is 0 Å². The molecule has 1 aromatic heterocycles. The van der Waals surface area contributed by atoms with E-state index in [4.69, 9.17) is 46.4 Å². The summed E-state index contributed by atoms with van der Waals surface area (Å²) in [5.74, 6) is 0.724. The molecule has 5 nitrogen and oxygen atoms in total. The van der Waals surface area contributed by atoms with Gasteiger partial charge in [-0.3, -0.25) is 9.69 Å². The molecule has 1 fully saturated rings. The molecule has 138 valence electrons. The van der Waals surface area contributed by atoms with E-state index in [1.807, 2.05) is 18.2 Å². The van der Waals surface area contributed by atoms with Crippen molar-refractivity contribution in [1.82, 2.24) is 9.88 Å². The zero-order chi connectivity index (χ0) is 18.7. The Kier molecular flexibility index (Phi) is 6.48. The lowest BCUT2D eigenvalue weighted by atomic mass is 10.3. The molecule has 2 aromatic rings. The highest BCUT2D eigenvalue weighted by Crippen LogP contribution is 2.40. The Balaban J connectivity index is 1.57. The van der Waals surface area contributed by atoms with Crippen molar-refractivity contribution in [1.29, 1.82) is 0 Å². The number of piperazine rings is 1. The molecule has 0 aliphatic carbocycles. The van der Waals surface area contributed by atoms with Gasteiger partial charge in [-0.1, -0.05) is 52.5 Å². The minimum absolute atomic E-state index is 0.175. The monoisotopic (exact) mass is 432 g/mol. The molecule has 26 heavy (non-hydrogen) atoms. The molecule has 9 heteroatoms. The van der Waals surface area contributed by atoms with E-state index in [2.05, 4.69) is 20.1 Å². The van der Waals surface area contributed by atoms with Crippen molar-refractivity contribution in [3.8, 4) is 0 Å². The number of nitrogens with zero attached hydrogens (tertiary/aromatic N) is 3. The molecule has 1 aliphatic rings. The fourth-order valence-electron chi connectivity index (χ4n) is 2.74. The molecule has 0 atom stereocenters. The lowest BCUT2D eigenvalue weighted by Gasteiger charge is -2.35. The number of aromatic nitrogens is 1. The number of halogens is 4. The summed E-state index contributed by atoms with van der Waals surface area (Å²) in [6.45, 7) is 3.33. The standard InChI is InChI=1S/C17H16Cl4N4O/c18-11-9-12(19)16(21)17(15(11)20)23-14(26)10-24-5-7-25(8-6-24)13-3-1-2-4-22-13/h1-4,9H,5-8,10H2,(H,23,26). The zero-order valence-electron chi connectivity index (χ0n) is 13.7. The number of pyridine rings is 1. The van der Waals surface area contributed by atoms with Crippen LogP contribution < -0.4 is 10.2 Å². The minimum Gasteiger partial charge on any atom is -0.354 e. The van der Waals surface area contributed by atoms with Gasteiger partial charge < -0.3 is 10.2 Å². The van der Waals surface area contributed by atoms with Gasteiger partial charge in [-0.05, 0) is 18.2 Å². The van der Waals surface area contributed by atoms with E-state index < -0.39 is 0 Å². The Labute approximate surface area is 171 Å². The van der Waals surface area contributed by atoms with Crippen LogP contribution in [0.15, 0.2) is 30.5 Å². The van der Waals surface area contributed by atoms with Crippen molar-refractivity contribution in [2.24, 2.45) is 0 Å². The van der Waals surface area contributed by atoms with Crippen molar-refractivity contribution in [2.45, 2.75) is 0 Å². The van der Waals surface area contributed by atoms with Gasteiger partial charge in [-0.25, -0.2) is 4.98 Å². The van der Waals surface area contributed by atoms with Crippen LogP contribution in [0.1, 0.15) is 0 Å². The van der Waals surface area contributed by atoms with E-state index in [1.54, 1.807) is 6.20 Å². The molecule has 2 heterocycles. The first kappa shape index (κ1) is 19.5. The smallest absolute Gasteiger partial charge is 0.238 e. The number of anilines is 2. The first-order valence-corrected chi connectivity index (χ1v) is 9.48. The van der Waals surface area contributed by atoms with Crippen LogP contribution in [-0.2, 0) is 4.79 Å². The molecule has 1 N–H and O–H groups in total. The van der Waals surface area contributed by atoms with Crippen LogP contribution >= 0.6 is 46.4 Å². The summed E-state index contributed by atoms with van der Waals surface area (Å²) < 4.78 is 0. The van der Waals surface area contributed by atoms with Gasteiger partial charge in [0.1, 0.15) is 5.82 Å². The molecule has 0 unspecified atom stereocenters. The molecule has 1 amide bonds. The number of benzene rings is 1. The molecule has 0 radical (unpaired) electrons. The lowest BCUT2D eigenvalue weighted by Crippen LogP contribution is -2.48. The third-order valence-corrected chi connectivity index (χ3v) is 5.66. The SMILES string of the molecule is O=C(CN1CCN(c2ccccn2)CC1)Nc1c(Cl)c(Cl)cc(Cl)c1Cl. The van der Waals surface area contributed by atoms with Gasteiger partial charge in [0, 0.05) is 32.4 Å². The number of carbonyl (C=O) groups excluding carboxylic acids is 1. The van der Waals surface area contributed by atoms with Crippen LogP contribution in [0.3, 0.4) is 0 Å². The largest absolute Gasteiger partial charge is 0.354 e. The molecule has 0 bridgehead atoms. The fraction of sp³-hybridized carbons (Fsp3) is 0.294. The number of carbonyl (C=O) groups is 1. The van der Waals surface area contributed by atoms with Gasteiger partial charge in [0.2, 0.25) is 5.91 Å². The summed E-state index contributed by atoms with van der Waals surface area (Å²) in [7, 11) is 0. The Morgan fingerprint density at radius 1 is 1.04 bits per heavy atom. The summed E-state index contributed by atoms with van der Waals surface area (Å²) in [4.78, 5) is 21.0. The highest BCUT2D eigenvalue weighted by molar-refractivity contribution is 6.50. The molecule has 1 aliphatic heterocycles. The van der Waals surface area contributed by atoms with E-state index in [1.165, 1.54) is 6.07 Å². The van der Waals surface area contributed by atoms with E-state index in [9.17, 15) is 4.79 Å². The minimum atomic E-state index is -0.224. The van der Waals surface area contributed by atoms with Crippen molar-refractivity contribution >= 4 is 63.8 Å². The molecule has 0 saturated carbocycles. The maximum Gasteiger partial charge on any atom is 0.238 e. The number of rotatable bonds is 4. The summed E-state index contributed by atoms with van der Waals surface area (Å²) in [5.41, 5.74) is 0.239. The highest BCUT2D eigenvalue weighted by Gasteiger charge is 2.21. The third kappa shape index (κ3) is 4.53. The molecule has 1 aromatic carbocycles. The summed E-state index contributed by atoms with van der Waals surface area (Å²) in [6.07, 6.45) is 1.78. The van der Waals surface area contributed by atoms with Crippen molar-refractivity contribution in [3.63, 3.8) is 0 Å². The Hall–Kier alpha value is -1.24. The second-order valence-electron chi connectivity index (χ2n) is 5.84. The topological polar surface area (TPSA) is 48.5 Å². The van der Waals surface area contributed by atoms with Crippen LogP contribution in [0.25, 0.3) is 0 Å². The molecule has 1 saturated heterocycles. The highest BCUT2D eigenvalue weighted by atomic mass is 35.5. The average molecular weight is 434 g/mol. The Morgan fingerprint density at radius 3 is 2.27 bits per heavy atom. The van der Waals surface area contributed by atoms with Crippen LogP contribution in [0.5, 0.6) is 0 Å². The van der Waals surface area contributed by atoms with E-state index >= 15 is 0 Å². The molecule has 3 rings (SSSR count). The van der Waals surface area contributed by atoms with Crippen molar-refractivity contribution in [3.05, 3.63) is 50.6 Å². The number of nitrogens with one attached hydrogen (secondary N) is 1. The maximum absolute atomic E-state index is 12.4. The summed E-state index contributed by atoms with van der Waals surface area (Å²) >= 11 is 24.2. The summed E-state index contributed by atoms with van der Waals surface area (Å²) in [5, 5.41) is 3.53. The van der Waals surface area contributed by atoms with Gasteiger partial charge in [-0.2, -0.15) is 0 Å².